The number of aromatic carboxylic acids is 1. The molecule has 1 aromatic heterocycles. The molecule has 1 saturated heterocycles. The topological polar surface area (TPSA) is 102 Å². The van der Waals surface area contributed by atoms with Crippen LogP contribution in [-0.2, 0) is 17.1 Å². The first-order valence-electron chi connectivity index (χ1n) is 14.6. The standard InChI is InChI=1S/C33H31F6N3O5/c1-17-27(20-11-22(32(34,35)36)13-23(12-20)33(37,38)39)47-30(45)42(17)16-21-14-31(2,3)10-9-24(21)26-25(46-4)15-40-28(41-26)18-5-7-19(8-6-18)29(43)44/h5-8,11-13,15,17,27H,9-10,14,16H2,1-4H3,(H,43,44)/t17?,27-/m0/s1. The number of methoxy groups -OCH3 is 1. The maximum absolute atomic E-state index is 13.6. The van der Waals surface area contributed by atoms with Crippen molar-refractivity contribution < 1.29 is 50.5 Å². The van der Waals surface area contributed by atoms with Gasteiger partial charge < -0.3 is 14.6 Å². The third-order valence-corrected chi connectivity index (χ3v) is 8.51. The minimum absolute atomic E-state index is 0.0177. The number of carboxylic acid groups (broad SMARTS) is 1. The van der Waals surface area contributed by atoms with E-state index in [1.165, 1.54) is 37.3 Å². The van der Waals surface area contributed by atoms with Gasteiger partial charge in [0.1, 0.15) is 11.8 Å². The van der Waals surface area contributed by atoms with Gasteiger partial charge in [0.05, 0.1) is 36.0 Å². The van der Waals surface area contributed by atoms with Crippen molar-refractivity contribution in [3.8, 4) is 17.1 Å². The van der Waals surface area contributed by atoms with Gasteiger partial charge in [-0.1, -0.05) is 26.0 Å². The Bertz CT molecular complexity index is 1700. The van der Waals surface area contributed by atoms with Gasteiger partial charge >= 0.3 is 24.4 Å². The summed E-state index contributed by atoms with van der Waals surface area (Å²) in [4.78, 5) is 34.9. The van der Waals surface area contributed by atoms with Gasteiger partial charge in [0.25, 0.3) is 0 Å². The van der Waals surface area contributed by atoms with Gasteiger partial charge in [-0.05, 0) is 78.6 Å². The Morgan fingerprint density at radius 3 is 2.23 bits per heavy atom. The largest absolute Gasteiger partial charge is 0.493 e. The van der Waals surface area contributed by atoms with E-state index in [9.17, 15) is 41.0 Å². The predicted octanol–water partition coefficient (Wildman–Crippen LogP) is 8.43. The number of halogens is 6. The Hall–Kier alpha value is -4.62. The molecular weight excluding hydrogens is 632 g/mol. The van der Waals surface area contributed by atoms with Crippen molar-refractivity contribution >= 4 is 17.6 Å². The number of nitrogens with zero attached hydrogens (tertiary/aromatic N) is 3. The van der Waals surface area contributed by atoms with Crippen LogP contribution in [0.1, 0.15) is 78.9 Å². The average Bonchev–Trinajstić information content (AvgIpc) is 3.28. The number of aromatic nitrogens is 2. The summed E-state index contributed by atoms with van der Waals surface area (Å²) in [6.07, 6.45) is -9.11. The van der Waals surface area contributed by atoms with Gasteiger partial charge in [0, 0.05) is 12.1 Å². The molecule has 8 nitrogen and oxygen atoms in total. The Balaban J connectivity index is 1.53. The van der Waals surface area contributed by atoms with Crippen LogP contribution in [0, 0.1) is 5.41 Å². The Morgan fingerprint density at radius 2 is 1.68 bits per heavy atom. The smallest absolute Gasteiger partial charge is 0.416 e. The van der Waals surface area contributed by atoms with Gasteiger partial charge in [-0.25, -0.2) is 19.6 Å². The number of cyclic esters (lactones) is 1. The predicted molar refractivity (Wildman–Crippen MR) is 157 cm³/mol. The highest BCUT2D eigenvalue weighted by molar-refractivity contribution is 5.88. The van der Waals surface area contributed by atoms with Crippen molar-refractivity contribution in [2.75, 3.05) is 13.7 Å². The molecular formula is C33H31F6N3O5. The van der Waals surface area contributed by atoms with Crippen LogP contribution in [0.3, 0.4) is 0 Å². The highest BCUT2D eigenvalue weighted by atomic mass is 19.4. The molecule has 0 radical (unpaired) electrons. The number of carbonyl (C=O) groups excluding carboxylic acids is 1. The van der Waals surface area contributed by atoms with Crippen LogP contribution in [0.25, 0.3) is 17.0 Å². The van der Waals surface area contributed by atoms with Crippen LogP contribution in [-0.4, -0.2) is 51.7 Å². The van der Waals surface area contributed by atoms with E-state index in [1.54, 1.807) is 12.1 Å². The van der Waals surface area contributed by atoms with Crippen LogP contribution in [0.15, 0.2) is 54.2 Å². The third-order valence-electron chi connectivity index (χ3n) is 8.51. The lowest BCUT2D eigenvalue weighted by Crippen LogP contribution is -2.35. The van der Waals surface area contributed by atoms with Gasteiger partial charge in [-0.2, -0.15) is 26.3 Å². The second-order valence-electron chi connectivity index (χ2n) is 12.4. The molecule has 5 rings (SSSR count). The van der Waals surface area contributed by atoms with E-state index in [0.29, 0.717) is 47.8 Å². The number of carboxylic acids is 1. The number of hydrogen-bond acceptors (Lipinski definition) is 6. The Morgan fingerprint density at radius 1 is 1.06 bits per heavy atom. The van der Waals surface area contributed by atoms with E-state index in [4.69, 9.17) is 14.5 Å². The molecule has 2 heterocycles. The summed E-state index contributed by atoms with van der Waals surface area (Å²) in [6.45, 7) is 5.59. The zero-order valence-electron chi connectivity index (χ0n) is 25.8. The van der Waals surface area contributed by atoms with Crippen molar-refractivity contribution in [3.05, 3.63) is 82.2 Å². The fourth-order valence-electron chi connectivity index (χ4n) is 6.00. The molecule has 1 fully saturated rings. The summed E-state index contributed by atoms with van der Waals surface area (Å²) in [5.74, 6) is -0.437. The van der Waals surface area contributed by atoms with Crippen LogP contribution >= 0.6 is 0 Å². The van der Waals surface area contributed by atoms with Crippen LogP contribution in [0.2, 0.25) is 0 Å². The number of alkyl halides is 6. The van der Waals surface area contributed by atoms with Crippen molar-refractivity contribution in [2.45, 2.75) is 64.5 Å². The van der Waals surface area contributed by atoms with Crippen LogP contribution in [0.4, 0.5) is 31.1 Å². The number of hydrogen-bond donors (Lipinski definition) is 1. The highest BCUT2D eigenvalue weighted by Crippen LogP contribution is 2.46. The molecule has 1 amide bonds. The molecule has 14 heteroatoms. The minimum atomic E-state index is -5.05. The molecule has 2 aliphatic rings. The average molecular weight is 664 g/mol. The number of allylic oxidation sites excluding steroid dienone is 1. The third kappa shape index (κ3) is 7.05. The van der Waals surface area contributed by atoms with E-state index in [0.717, 1.165) is 17.6 Å². The number of amides is 1. The molecule has 0 saturated carbocycles. The second-order valence-corrected chi connectivity index (χ2v) is 12.4. The molecule has 1 aliphatic carbocycles. The highest BCUT2D eigenvalue weighted by Gasteiger charge is 2.44. The molecule has 0 spiro atoms. The fraction of sp³-hybridized carbons (Fsp3) is 0.394. The first-order valence-corrected chi connectivity index (χ1v) is 14.6. The molecule has 250 valence electrons. The van der Waals surface area contributed by atoms with Crippen molar-refractivity contribution in [1.29, 1.82) is 0 Å². The SMILES string of the molecule is COc1cnc(-c2ccc(C(=O)O)cc2)nc1C1=C(CN2C(=O)O[C@H](c3cc(C(F)(F)F)cc(C(F)(F)F)c3)C2C)CC(C)(C)CC1. The second kappa shape index (κ2) is 12.2. The summed E-state index contributed by atoms with van der Waals surface area (Å²) in [5.41, 5.74) is -0.977. The van der Waals surface area contributed by atoms with Crippen molar-refractivity contribution in [2.24, 2.45) is 5.41 Å². The summed E-state index contributed by atoms with van der Waals surface area (Å²) in [5, 5.41) is 9.24. The molecule has 1 aliphatic heterocycles. The van der Waals surface area contributed by atoms with Gasteiger partial charge in [-0.3, -0.25) is 4.90 Å². The maximum Gasteiger partial charge on any atom is 0.416 e. The first kappa shape index (κ1) is 33.7. The van der Waals surface area contributed by atoms with E-state index in [2.05, 4.69) is 4.98 Å². The number of ether oxygens (including phenoxy) is 2. The number of carbonyl (C=O) groups is 2. The maximum atomic E-state index is 13.6. The zero-order chi connectivity index (χ0) is 34.5. The van der Waals surface area contributed by atoms with E-state index in [1.807, 2.05) is 13.8 Å². The zero-order valence-corrected chi connectivity index (χ0v) is 25.8. The van der Waals surface area contributed by atoms with Crippen molar-refractivity contribution in [3.63, 3.8) is 0 Å². The summed E-state index contributed by atoms with van der Waals surface area (Å²) in [7, 11) is 1.45. The van der Waals surface area contributed by atoms with E-state index in [-0.39, 0.29) is 23.6 Å². The monoisotopic (exact) mass is 663 g/mol. The van der Waals surface area contributed by atoms with E-state index < -0.39 is 53.3 Å². The number of rotatable bonds is 7. The first-order chi connectivity index (χ1) is 21.9. The van der Waals surface area contributed by atoms with Gasteiger partial charge in [0.2, 0.25) is 0 Å². The minimum Gasteiger partial charge on any atom is -0.493 e. The Kier molecular flexibility index (Phi) is 8.75. The molecule has 1 unspecified atom stereocenters. The fourth-order valence-corrected chi connectivity index (χ4v) is 6.00. The van der Waals surface area contributed by atoms with Gasteiger partial charge in [0.15, 0.2) is 11.6 Å². The molecule has 2 aromatic carbocycles. The van der Waals surface area contributed by atoms with Crippen LogP contribution in [0.5, 0.6) is 5.75 Å². The van der Waals surface area contributed by atoms with Gasteiger partial charge in [-0.15, -0.1) is 0 Å². The van der Waals surface area contributed by atoms with E-state index >= 15 is 0 Å². The lowest BCUT2D eigenvalue weighted by molar-refractivity contribution is -0.143. The Labute approximate surface area is 266 Å². The summed E-state index contributed by atoms with van der Waals surface area (Å²) >= 11 is 0. The van der Waals surface area contributed by atoms with Crippen LogP contribution < -0.4 is 4.74 Å². The number of benzene rings is 2. The van der Waals surface area contributed by atoms with Crippen molar-refractivity contribution in [1.82, 2.24) is 14.9 Å². The summed E-state index contributed by atoms with van der Waals surface area (Å²) in [6, 6.07) is 6.29. The quantitative estimate of drug-likeness (QED) is 0.253. The summed E-state index contributed by atoms with van der Waals surface area (Å²) < 4.78 is 92.4. The normalized spacial score (nSPS) is 20.0. The lowest BCUT2D eigenvalue weighted by Gasteiger charge is -2.35. The molecule has 0 bridgehead atoms. The lowest BCUT2D eigenvalue weighted by atomic mass is 9.73. The molecule has 2 atom stereocenters. The molecule has 47 heavy (non-hydrogen) atoms. The molecule has 1 N–H and O–H groups in total. The molecule has 3 aromatic rings.